The molecule has 0 radical (unpaired) electrons. The second-order valence-electron chi connectivity index (χ2n) is 4.16. The first-order chi connectivity index (χ1) is 7.18. The number of hydrogen-bond donors (Lipinski definition) is 1. The van der Waals surface area contributed by atoms with Gasteiger partial charge < -0.3 is 5.32 Å². The Hall–Kier alpha value is -0.180. The third-order valence-corrected chi connectivity index (χ3v) is 4.37. The molecule has 1 unspecified atom stereocenters. The SMILES string of the molecule is CC1(Cc2ccc(Cl)cc2)NCCCS1. The fraction of sp³-hybridized carbons (Fsp3) is 0.500. The monoisotopic (exact) mass is 241 g/mol. The summed E-state index contributed by atoms with van der Waals surface area (Å²) in [4.78, 5) is 0.200. The molecule has 82 valence electrons. The van der Waals surface area contributed by atoms with E-state index in [0.29, 0.717) is 0 Å². The molecule has 0 aromatic heterocycles. The molecule has 0 amide bonds. The van der Waals surface area contributed by atoms with Gasteiger partial charge >= 0.3 is 0 Å². The Morgan fingerprint density at radius 3 is 2.73 bits per heavy atom. The topological polar surface area (TPSA) is 12.0 Å². The Morgan fingerprint density at radius 1 is 1.40 bits per heavy atom. The number of hydrogen-bond acceptors (Lipinski definition) is 2. The minimum atomic E-state index is 0.200. The third kappa shape index (κ3) is 3.13. The lowest BCUT2D eigenvalue weighted by atomic mass is 10.1. The Morgan fingerprint density at radius 2 is 2.13 bits per heavy atom. The van der Waals surface area contributed by atoms with Crippen LogP contribution >= 0.6 is 23.4 Å². The summed E-state index contributed by atoms with van der Waals surface area (Å²) in [6.07, 6.45) is 2.34. The van der Waals surface area contributed by atoms with E-state index in [4.69, 9.17) is 11.6 Å². The average molecular weight is 242 g/mol. The summed E-state index contributed by atoms with van der Waals surface area (Å²) in [7, 11) is 0. The van der Waals surface area contributed by atoms with Crippen molar-refractivity contribution in [2.75, 3.05) is 12.3 Å². The van der Waals surface area contributed by atoms with E-state index in [0.717, 1.165) is 18.0 Å². The van der Waals surface area contributed by atoms with E-state index >= 15 is 0 Å². The second-order valence-corrected chi connectivity index (χ2v) is 6.20. The van der Waals surface area contributed by atoms with E-state index in [-0.39, 0.29) is 4.87 Å². The summed E-state index contributed by atoms with van der Waals surface area (Å²) in [5.41, 5.74) is 1.35. The van der Waals surface area contributed by atoms with Gasteiger partial charge in [0.1, 0.15) is 0 Å². The zero-order valence-corrected chi connectivity index (χ0v) is 10.5. The van der Waals surface area contributed by atoms with E-state index < -0.39 is 0 Å². The first-order valence-corrected chi connectivity index (χ1v) is 6.68. The Labute approximate surface area is 101 Å². The van der Waals surface area contributed by atoms with Crippen LogP contribution in [0.2, 0.25) is 5.02 Å². The molecule has 0 bridgehead atoms. The molecule has 1 aliphatic rings. The van der Waals surface area contributed by atoms with Crippen LogP contribution in [0, 0.1) is 0 Å². The molecule has 1 nitrogen and oxygen atoms in total. The normalized spacial score (nSPS) is 26.5. The Kier molecular flexibility index (Phi) is 3.60. The zero-order valence-electron chi connectivity index (χ0n) is 8.92. The highest BCUT2D eigenvalue weighted by Gasteiger charge is 2.26. The third-order valence-electron chi connectivity index (χ3n) is 2.70. The molecule has 0 spiro atoms. The van der Waals surface area contributed by atoms with Crippen molar-refractivity contribution in [2.45, 2.75) is 24.6 Å². The second kappa shape index (κ2) is 4.77. The van der Waals surface area contributed by atoms with Crippen LogP contribution in [-0.4, -0.2) is 17.2 Å². The zero-order chi connectivity index (χ0) is 10.7. The Balaban J connectivity index is 2.03. The molecule has 1 atom stereocenters. The van der Waals surface area contributed by atoms with Gasteiger partial charge in [0.05, 0.1) is 4.87 Å². The molecule has 15 heavy (non-hydrogen) atoms. The molecule has 1 aromatic rings. The first kappa shape index (κ1) is 11.3. The van der Waals surface area contributed by atoms with Crippen molar-refractivity contribution >= 4 is 23.4 Å². The minimum absolute atomic E-state index is 0.200. The van der Waals surface area contributed by atoms with Crippen molar-refractivity contribution in [1.82, 2.24) is 5.32 Å². The van der Waals surface area contributed by atoms with Gasteiger partial charge in [-0.2, -0.15) is 0 Å². The quantitative estimate of drug-likeness (QED) is 0.853. The highest BCUT2D eigenvalue weighted by atomic mass is 35.5. The minimum Gasteiger partial charge on any atom is -0.303 e. The van der Waals surface area contributed by atoms with Gasteiger partial charge in [0.2, 0.25) is 0 Å². The van der Waals surface area contributed by atoms with Crippen LogP contribution in [0.5, 0.6) is 0 Å². The van der Waals surface area contributed by atoms with Gasteiger partial charge in [-0.05, 0) is 49.8 Å². The predicted molar refractivity (Wildman–Crippen MR) is 68.6 cm³/mol. The van der Waals surface area contributed by atoms with Crippen molar-refractivity contribution in [3.8, 4) is 0 Å². The number of benzene rings is 1. The predicted octanol–water partition coefficient (Wildman–Crippen LogP) is 3.33. The lowest BCUT2D eigenvalue weighted by Crippen LogP contribution is -2.45. The molecule has 1 heterocycles. The molecular formula is C12H16ClNS. The summed E-state index contributed by atoms with van der Waals surface area (Å²) in [5.74, 6) is 1.26. The van der Waals surface area contributed by atoms with E-state index in [1.54, 1.807) is 0 Å². The highest BCUT2D eigenvalue weighted by Crippen LogP contribution is 2.30. The van der Waals surface area contributed by atoms with Gasteiger partial charge in [-0.1, -0.05) is 23.7 Å². The maximum absolute atomic E-state index is 5.87. The molecule has 0 saturated carbocycles. The summed E-state index contributed by atoms with van der Waals surface area (Å²) in [5, 5.41) is 4.40. The molecule has 1 aromatic carbocycles. The van der Waals surface area contributed by atoms with Crippen LogP contribution in [0.1, 0.15) is 18.9 Å². The average Bonchev–Trinajstić information content (AvgIpc) is 2.22. The highest BCUT2D eigenvalue weighted by molar-refractivity contribution is 8.00. The summed E-state index contributed by atoms with van der Waals surface area (Å²) < 4.78 is 0. The Bertz CT molecular complexity index is 317. The number of nitrogens with one attached hydrogen (secondary N) is 1. The molecule has 1 N–H and O–H groups in total. The molecule has 1 saturated heterocycles. The van der Waals surface area contributed by atoms with Crippen molar-refractivity contribution in [3.63, 3.8) is 0 Å². The maximum atomic E-state index is 5.87. The summed E-state index contributed by atoms with van der Waals surface area (Å²) in [6, 6.07) is 8.16. The van der Waals surface area contributed by atoms with Crippen LogP contribution in [-0.2, 0) is 6.42 Å². The summed E-state index contributed by atoms with van der Waals surface area (Å²) >= 11 is 7.89. The fourth-order valence-corrected chi connectivity index (χ4v) is 3.22. The molecule has 2 rings (SSSR count). The standard InChI is InChI=1S/C12H16ClNS/c1-12(14-7-2-8-15-12)9-10-3-5-11(13)6-4-10/h3-6,14H,2,7-9H2,1H3. The van der Waals surface area contributed by atoms with E-state index in [2.05, 4.69) is 24.4 Å². The molecular weight excluding hydrogens is 226 g/mol. The van der Waals surface area contributed by atoms with Crippen LogP contribution in [0.25, 0.3) is 0 Å². The van der Waals surface area contributed by atoms with Gasteiger partial charge in [-0.3, -0.25) is 0 Å². The number of rotatable bonds is 2. The fourth-order valence-electron chi connectivity index (χ4n) is 1.88. The van der Waals surface area contributed by atoms with E-state index in [9.17, 15) is 0 Å². The molecule has 1 fully saturated rings. The molecule has 3 heteroatoms. The van der Waals surface area contributed by atoms with Gasteiger partial charge in [-0.15, -0.1) is 11.8 Å². The maximum Gasteiger partial charge on any atom is 0.0657 e. The first-order valence-electron chi connectivity index (χ1n) is 5.31. The van der Waals surface area contributed by atoms with Crippen LogP contribution < -0.4 is 5.32 Å². The lowest BCUT2D eigenvalue weighted by Gasteiger charge is -2.34. The van der Waals surface area contributed by atoms with Crippen LogP contribution in [0.4, 0.5) is 0 Å². The van der Waals surface area contributed by atoms with Crippen molar-refractivity contribution in [2.24, 2.45) is 0 Å². The van der Waals surface area contributed by atoms with Crippen molar-refractivity contribution in [1.29, 1.82) is 0 Å². The lowest BCUT2D eigenvalue weighted by molar-refractivity contribution is 0.483. The van der Waals surface area contributed by atoms with Crippen LogP contribution in [0.3, 0.4) is 0 Å². The van der Waals surface area contributed by atoms with Crippen molar-refractivity contribution < 1.29 is 0 Å². The largest absolute Gasteiger partial charge is 0.303 e. The van der Waals surface area contributed by atoms with E-state index in [1.165, 1.54) is 17.7 Å². The molecule has 0 aliphatic carbocycles. The van der Waals surface area contributed by atoms with Crippen molar-refractivity contribution in [3.05, 3.63) is 34.9 Å². The summed E-state index contributed by atoms with van der Waals surface area (Å²) in [6.45, 7) is 3.42. The van der Waals surface area contributed by atoms with Gasteiger partial charge in [0.25, 0.3) is 0 Å². The van der Waals surface area contributed by atoms with Gasteiger partial charge in [0, 0.05) is 5.02 Å². The van der Waals surface area contributed by atoms with E-state index in [1.807, 2.05) is 23.9 Å². The van der Waals surface area contributed by atoms with Gasteiger partial charge in [-0.25, -0.2) is 0 Å². The number of thioether (sulfide) groups is 1. The van der Waals surface area contributed by atoms with Crippen LogP contribution in [0.15, 0.2) is 24.3 Å². The smallest absolute Gasteiger partial charge is 0.0657 e. The van der Waals surface area contributed by atoms with Gasteiger partial charge in [0.15, 0.2) is 0 Å². The molecule has 1 aliphatic heterocycles. The number of halogens is 1.